The van der Waals surface area contributed by atoms with E-state index in [0.29, 0.717) is 28.7 Å². The monoisotopic (exact) mass is 616 g/mol. The Morgan fingerprint density at radius 3 is 2.71 bits per heavy atom. The standard InChI is InChI=1S/C31H25FN4O3S3/c1-18-11-12-40-27(18)9-7-19-3-2-4-22(13-19)29-23(14-21-8-10-28(42(33)39)24(32)15-21)26(16-20-5-6-20)36(35-29)31-34-25(17-41-31)30(37)38/h2-4,8,10-13,15,17,20H,5-6,14,16,33H2,1H3,(H,37,38). The highest BCUT2D eigenvalue weighted by Crippen LogP contribution is 2.38. The molecule has 1 fully saturated rings. The van der Waals surface area contributed by atoms with Crippen LogP contribution in [0, 0.1) is 30.5 Å². The van der Waals surface area contributed by atoms with E-state index < -0.39 is 23.1 Å². The lowest BCUT2D eigenvalue weighted by Crippen LogP contribution is -2.14. The third-order valence-corrected chi connectivity index (χ3v) is 9.59. The molecule has 1 atom stereocenters. The first-order valence-corrected chi connectivity index (χ1v) is 16.1. The Hall–Kier alpha value is -3.79. The molecule has 1 saturated carbocycles. The summed E-state index contributed by atoms with van der Waals surface area (Å²) >= 11 is 0.884. The molecule has 11 heteroatoms. The minimum absolute atomic E-state index is 0.0421. The zero-order valence-electron chi connectivity index (χ0n) is 22.5. The number of rotatable bonds is 8. The number of benzene rings is 2. The average Bonchev–Trinajstić information content (AvgIpc) is 3.31. The lowest BCUT2D eigenvalue weighted by molar-refractivity contribution is 0.0691. The van der Waals surface area contributed by atoms with Gasteiger partial charge in [-0.05, 0) is 78.9 Å². The molecular weight excluding hydrogens is 592 g/mol. The van der Waals surface area contributed by atoms with Gasteiger partial charge in [-0.15, -0.1) is 27.8 Å². The molecule has 5 aromatic rings. The molecule has 3 N–H and O–H groups in total. The van der Waals surface area contributed by atoms with Crippen molar-refractivity contribution < 1.29 is 18.8 Å². The van der Waals surface area contributed by atoms with Crippen molar-refractivity contribution in [2.45, 2.75) is 37.5 Å². The van der Waals surface area contributed by atoms with E-state index in [0.717, 1.165) is 52.1 Å². The minimum Gasteiger partial charge on any atom is -0.593 e. The number of nitrogens with two attached hydrogens (primary N) is 1. The smallest absolute Gasteiger partial charge is 0.355 e. The van der Waals surface area contributed by atoms with E-state index in [1.165, 1.54) is 28.8 Å². The van der Waals surface area contributed by atoms with Gasteiger partial charge in [0.05, 0.1) is 27.6 Å². The van der Waals surface area contributed by atoms with Gasteiger partial charge in [0, 0.05) is 28.5 Å². The predicted molar refractivity (Wildman–Crippen MR) is 163 cm³/mol. The number of nitrogens with zero attached hydrogens (tertiary/aromatic N) is 3. The Morgan fingerprint density at radius 1 is 1.21 bits per heavy atom. The largest absolute Gasteiger partial charge is 0.593 e. The molecule has 1 aliphatic carbocycles. The quantitative estimate of drug-likeness (QED) is 0.160. The van der Waals surface area contributed by atoms with Crippen LogP contribution in [-0.2, 0) is 24.2 Å². The van der Waals surface area contributed by atoms with Crippen LogP contribution >= 0.6 is 22.7 Å². The molecule has 0 amide bonds. The van der Waals surface area contributed by atoms with Crippen molar-refractivity contribution in [1.29, 1.82) is 0 Å². The van der Waals surface area contributed by atoms with Crippen molar-refractivity contribution in [3.63, 3.8) is 0 Å². The fourth-order valence-electron chi connectivity index (χ4n) is 4.72. The number of thiazole rings is 1. The summed E-state index contributed by atoms with van der Waals surface area (Å²) in [4.78, 5) is 16.9. The van der Waals surface area contributed by atoms with Crippen molar-refractivity contribution in [3.8, 4) is 28.2 Å². The van der Waals surface area contributed by atoms with Crippen molar-refractivity contribution in [2.24, 2.45) is 11.1 Å². The molecule has 6 rings (SSSR count). The number of aromatic carboxylic acids is 1. The number of carbonyl (C=O) groups is 1. The highest BCUT2D eigenvalue weighted by molar-refractivity contribution is 7.89. The Bertz CT molecular complexity index is 1860. The third-order valence-electron chi connectivity index (χ3n) is 7.07. The number of thiophene rings is 1. The van der Waals surface area contributed by atoms with Gasteiger partial charge in [0.25, 0.3) is 0 Å². The summed E-state index contributed by atoms with van der Waals surface area (Å²) in [6, 6.07) is 14.4. The number of carboxylic acid groups (broad SMARTS) is 1. The summed E-state index contributed by atoms with van der Waals surface area (Å²) < 4.78 is 28.3. The van der Waals surface area contributed by atoms with Gasteiger partial charge in [0.2, 0.25) is 10.0 Å². The van der Waals surface area contributed by atoms with E-state index in [1.807, 2.05) is 42.6 Å². The lowest BCUT2D eigenvalue weighted by atomic mass is 9.96. The zero-order valence-corrected chi connectivity index (χ0v) is 24.9. The fourth-order valence-corrected chi connectivity index (χ4v) is 6.72. The number of carboxylic acids is 1. The van der Waals surface area contributed by atoms with Gasteiger partial charge >= 0.3 is 5.97 Å². The van der Waals surface area contributed by atoms with Gasteiger partial charge < -0.3 is 9.66 Å². The Morgan fingerprint density at radius 2 is 2.05 bits per heavy atom. The van der Waals surface area contributed by atoms with Crippen molar-refractivity contribution in [2.75, 3.05) is 0 Å². The van der Waals surface area contributed by atoms with Crippen LogP contribution in [0.5, 0.6) is 0 Å². The third kappa shape index (κ3) is 6.04. The first-order chi connectivity index (χ1) is 20.3. The maximum Gasteiger partial charge on any atom is 0.355 e. The number of aromatic nitrogens is 3. The Kier molecular flexibility index (Phi) is 7.98. The summed E-state index contributed by atoms with van der Waals surface area (Å²) in [6.07, 6.45) is 3.27. The van der Waals surface area contributed by atoms with Gasteiger partial charge in [-0.3, -0.25) is 0 Å². The van der Waals surface area contributed by atoms with Gasteiger partial charge in [-0.1, -0.05) is 30.0 Å². The molecule has 3 aromatic heterocycles. The van der Waals surface area contributed by atoms with E-state index in [-0.39, 0.29) is 10.6 Å². The van der Waals surface area contributed by atoms with Crippen LogP contribution in [0.25, 0.3) is 16.4 Å². The second-order valence-electron chi connectivity index (χ2n) is 10.2. The molecule has 1 unspecified atom stereocenters. The number of aryl methyl sites for hydroxylation is 1. The van der Waals surface area contributed by atoms with Crippen LogP contribution in [0.15, 0.2) is 64.2 Å². The predicted octanol–water partition coefficient (Wildman–Crippen LogP) is 6.13. The molecule has 3 heterocycles. The van der Waals surface area contributed by atoms with E-state index in [9.17, 15) is 18.8 Å². The fraction of sp³-hybridized carbons (Fsp3) is 0.194. The summed E-state index contributed by atoms with van der Waals surface area (Å²) in [7, 11) is 0. The number of halogens is 1. The number of hydrogen-bond acceptors (Lipinski definition) is 7. The minimum atomic E-state index is -1.93. The van der Waals surface area contributed by atoms with Crippen LogP contribution in [0.2, 0.25) is 0 Å². The van der Waals surface area contributed by atoms with Crippen LogP contribution in [0.4, 0.5) is 4.39 Å². The normalized spacial score (nSPS) is 13.5. The Labute approximate surface area is 253 Å². The van der Waals surface area contributed by atoms with E-state index in [1.54, 1.807) is 22.1 Å². The topological polar surface area (TPSA) is 117 Å². The molecule has 0 aliphatic heterocycles. The van der Waals surface area contributed by atoms with Gasteiger partial charge in [-0.2, -0.15) is 5.10 Å². The SMILES string of the molecule is Cc1ccsc1C#Cc1cccc(-c2nn(-c3nc(C(=O)O)cs3)c(CC3CC3)c2Cc2ccc([S+](N)[O-])c(F)c2)c1. The second kappa shape index (κ2) is 11.8. The van der Waals surface area contributed by atoms with Crippen molar-refractivity contribution >= 4 is 40.0 Å². The van der Waals surface area contributed by atoms with Gasteiger partial charge in [0.15, 0.2) is 11.5 Å². The lowest BCUT2D eigenvalue weighted by Gasteiger charge is -2.10. The Balaban J connectivity index is 1.49. The van der Waals surface area contributed by atoms with E-state index in [2.05, 4.69) is 16.8 Å². The first kappa shape index (κ1) is 28.3. The van der Waals surface area contributed by atoms with Crippen molar-refractivity contribution in [3.05, 3.63) is 104 Å². The van der Waals surface area contributed by atoms with E-state index in [4.69, 9.17) is 10.2 Å². The highest BCUT2D eigenvalue weighted by Gasteiger charge is 2.29. The molecule has 0 radical (unpaired) electrons. The number of hydrogen-bond donors (Lipinski definition) is 2. The molecule has 0 bridgehead atoms. The first-order valence-electron chi connectivity index (χ1n) is 13.2. The van der Waals surface area contributed by atoms with Crippen LogP contribution < -0.4 is 5.14 Å². The molecule has 0 spiro atoms. The maximum atomic E-state index is 14.8. The van der Waals surface area contributed by atoms with Gasteiger partial charge in [-0.25, -0.2) is 18.9 Å². The van der Waals surface area contributed by atoms with Crippen LogP contribution in [0.1, 0.15) is 56.2 Å². The summed E-state index contributed by atoms with van der Waals surface area (Å²) in [6.45, 7) is 2.03. The molecular formula is C31H25FN4O3S3. The average molecular weight is 617 g/mol. The summed E-state index contributed by atoms with van der Waals surface area (Å²) in [5, 5.41) is 23.9. The van der Waals surface area contributed by atoms with Crippen LogP contribution in [-0.4, -0.2) is 30.4 Å². The molecule has 7 nitrogen and oxygen atoms in total. The van der Waals surface area contributed by atoms with Crippen molar-refractivity contribution in [1.82, 2.24) is 14.8 Å². The highest BCUT2D eigenvalue weighted by atomic mass is 32.2. The van der Waals surface area contributed by atoms with Gasteiger partial charge in [0.1, 0.15) is 0 Å². The zero-order chi connectivity index (χ0) is 29.4. The molecule has 2 aromatic carbocycles. The molecule has 212 valence electrons. The molecule has 0 saturated heterocycles. The summed E-state index contributed by atoms with van der Waals surface area (Å²) in [5.41, 5.74) is 5.94. The summed E-state index contributed by atoms with van der Waals surface area (Å²) in [5.74, 6) is 5.27. The second-order valence-corrected chi connectivity index (χ2v) is 12.9. The molecule has 1 aliphatic rings. The van der Waals surface area contributed by atoms with Crippen LogP contribution in [0.3, 0.4) is 0 Å². The van der Waals surface area contributed by atoms with E-state index >= 15 is 0 Å². The molecule has 42 heavy (non-hydrogen) atoms. The maximum absolute atomic E-state index is 14.8.